The van der Waals surface area contributed by atoms with Gasteiger partial charge in [-0.15, -0.1) is 24.0 Å². The van der Waals surface area contributed by atoms with Crippen LogP contribution in [0.2, 0.25) is 0 Å². The molecule has 150 valence electrons. The van der Waals surface area contributed by atoms with E-state index in [9.17, 15) is 4.79 Å². The molecular formula is C20H31IN4O2. The second kappa shape index (κ2) is 10.8. The van der Waals surface area contributed by atoms with Crippen LogP contribution in [0.5, 0.6) is 0 Å². The first-order valence-electron chi connectivity index (χ1n) is 9.66. The summed E-state index contributed by atoms with van der Waals surface area (Å²) in [6.07, 6.45) is 1.64. The van der Waals surface area contributed by atoms with Crippen molar-refractivity contribution in [2.45, 2.75) is 39.3 Å². The van der Waals surface area contributed by atoms with Crippen molar-refractivity contribution in [3.8, 4) is 0 Å². The normalized spacial score (nSPS) is 20.4. The molecule has 0 spiro atoms. The van der Waals surface area contributed by atoms with Gasteiger partial charge in [0.05, 0.1) is 6.54 Å². The van der Waals surface area contributed by atoms with Crippen molar-refractivity contribution in [2.75, 3.05) is 39.3 Å². The topological polar surface area (TPSA) is 57.2 Å². The van der Waals surface area contributed by atoms with Crippen molar-refractivity contribution >= 4 is 35.8 Å². The fraction of sp³-hybridized carbons (Fsp3) is 0.600. The summed E-state index contributed by atoms with van der Waals surface area (Å²) in [4.78, 5) is 21.5. The van der Waals surface area contributed by atoms with Gasteiger partial charge in [0.25, 0.3) is 5.91 Å². The molecule has 1 aromatic carbocycles. The lowest BCUT2D eigenvalue weighted by Gasteiger charge is -2.37. The van der Waals surface area contributed by atoms with E-state index < -0.39 is 0 Å². The number of carbonyl (C=O) groups is 1. The molecule has 1 N–H and O–H groups in total. The Morgan fingerprint density at radius 2 is 2.00 bits per heavy atom. The number of rotatable bonds is 4. The number of nitrogens with zero attached hydrogens (tertiary/aromatic N) is 3. The van der Waals surface area contributed by atoms with E-state index in [0.29, 0.717) is 13.2 Å². The van der Waals surface area contributed by atoms with Crippen LogP contribution < -0.4 is 5.32 Å². The van der Waals surface area contributed by atoms with Gasteiger partial charge in [-0.05, 0) is 32.3 Å². The van der Waals surface area contributed by atoms with Gasteiger partial charge in [-0.1, -0.05) is 29.8 Å². The summed E-state index contributed by atoms with van der Waals surface area (Å²) in [6, 6.07) is 8.45. The zero-order valence-corrected chi connectivity index (χ0v) is 18.6. The van der Waals surface area contributed by atoms with E-state index in [1.807, 2.05) is 4.90 Å². The van der Waals surface area contributed by atoms with Crippen LogP contribution in [0.3, 0.4) is 0 Å². The fourth-order valence-electron chi connectivity index (χ4n) is 3.52. The average Bonchev–Trinajstić information content (AvgIpc) is 3.19. The summed E-state index contributed by atoms with van der Waals surface area (Å²) in [7, 11) is 0. The van der Waals surface area contributed by atoms with E-state index in [1.165, 1.54) is 11.1 Å². The van der Waals surface area contributed by atoms with Gasteiger partial charge < -0.3 is 19.9 Å². The molecule has 1 amide bonds. The van der Waals surface area contributed by atoms with Crippen molar-refractivity contribution in [3.05, 3.63) is 35.4 Å². The smallest absolute Gasteiger partial charge is 0.251 e. The molecule has 2 aliphatic rings. The van der Waals surface area contributed by atoms with E-state index in [4.69, 9.17) is 9.73 Å². The van der Waals surface area contributed by atoms with Crippen molar-refractivity contribution in [1.29, 1.82) is 0 Å². The van der Waals surface area contributed by atoms with Gasteiger partial charge in [-0.3, -0.25) is 4.79 Å². The van der Waals surface area contributed by atoms with Crippen molar-refractivity contribution in [3.63, 3.8) is 0 Å². The summed E-state index contributed by atoms with van der Waals surface area (Å²) in [6.45, 7) is 9.47. The number of aryl methyl sites for hydroxylation is 1. The maximum Gasteiger partial charge on any atom is 0.251 e. The highest BCUT2D eigenvalue weighted by molar-refractivity contribution is 14.0. The Morgan fingerprint density at radius 3 is 2.63 bits per heavy atom. The van der Waals surface area contributed by atoms with E-state index in [2.05, 4.69) is 48.3 Å². The van der Waals surface area contributed by atoms with Crippen molar-refractivity contribution < 1.29 is 9.53 Å². The first-order chi connectivity index (χ1) is 12.7. The number of carbonyl (C=O) groups excluding carboxylic acids is 1. The second-order valence-electron chi connectivity index (χ2n) is 6.97. The predicted octanol–water partition coefficient (Wildman–Crippen LogP) is 2.40. The molecule has 2 heterocycles. The Morgan fingerprint density at radius 1 is 1.26 bits per heavy atom. The molecule has 2 fully saturated rings. The van der Waals surface area contributed by atoms with Gasteiger partial charge in [-0.2, -0.15) is 0 Å². The standard InChI is InChI=1S/C20H30N4O2.HI/c1-3-21-20(22-15-17-7-4-6-16(2)14-17)24-11-9-23(10-12-24)19(25)18-8-5-13-26-18;/h4,6-7,14,18H,3,5,8-13,15H2,1-2H3,(H,21,22);1H. The average molecular weight is 486 g/mol. The molecule has 2 aliphatic heterocycles. The SMILES string of the molecule is CCNC(=NCc1cccc(C)c1)N1CCN(C(=O)C2CCCO2)CC1.I. The number of amides is 1. The number of aliphatic imine (C=N–C) groups is 1. The minimum absolute atomic E-state index is 0. The summed E-state index contributed by atoms with van der Waals surface area (Å²) in [5.41, 5.74) is 2.47. The van der Waals surface area contributed by atoms with Crippen molar-refractivity contribution in [2.24, 2.45) is 4.99 Å². The number of hydrogen-bond donors (Lipinski definition) is 1. The number of nitrogens with one attached hydrogen (secondary N) is 1. The number of benzene rings is 1. The Bertz CT molecular complexity index is 639. The molecule has 7 heteroatoms. The number of guanidine groups is 1. The lowest BCUT2D eigenvalue weighted by atomic mass is 10.1. The molecule has 0 saturated carbocycles. The number of piperazine rings is 1. The number of ether oxygens (including phenoxy) is 1. The summed E-state index contributed by atoms with van der Waals surface area (Å²) >= 11 is 0. The maximum atomic E-state index is 12.5. The Kier molecular flexibility index (Phi) is 8.82. The quantitative estimate of drug-likeness (QED) is 0.404. The van der Waals surface area contributed by atoms with Crippen LogP contribution in [0.1, 0.15) is 30.9 Å². The molecule has 0 radical (unpaired) electrons. The zero-order chi connectivity index (χ0) is 18.4. The molecule has 1 unspecified atom stereocenters. The van der Waals surface area contributed by atoms with Crippen molar-refractivity contribution in [1.82, 2.24) is 15.1 Å². The number of hydrogen-bond acceptors (Lipinski definition) is 3. The second-order valence-corrected chi connectivity index (χ2v) is 6.97. The molecular weight excluding hydrogens is 455 g/mol. The highest BCUT2D eigenvalue weighted by Gasteiger charge is 2.30. The first kappa shape index (κ1) is 21.9. The minimum Gasteiger partial charge on any atom is -0.368 e. The Balaban J connectivity index is 0.00000261. The van der Waals surface area contributed by atoms with E-state index in [-0.39, 0.29) is 36.0 Å². The van der Waals surface area contributed by atoms with Gasteiger partial charge >= 0.3 is 0 Å². The Hall–Kier alpha value is -1.35. The molecule has 3 rings (SSSR count). The molecule has 6 nitrogen and oxygen atoms in total. The van der Waals surface area contributed by atoms with E-state index in [0.717, 1.165) is 51.5 Å². The van der Waals surface area contributed by atoms with Gasteiger partial charge in [0, 0.05) is 39.3 Å². The van der Waals surface area contributed by atoms with Crippen LogP contribution in [-0.2, 0) is 16.1 Å². The van der Waals surface area contributed by atoms with Crippen LogP contribution in [-0.4, -0.2) is 67.1 Å². The molecule has 1 aromatic rings. The van der Waals surface area contributed by atoms with Gasteiger partial charge in [0.15, 0.2) is 5.96 Å². The highest BCUT2D eigenvalue weighted by atomic mass is 127. The lowest BCUT2D eigenvalue weighted by Crippen LogP contribution is -2.55. The molecule has 27 heavy (non-hydrogen) atoms. The van der Waals surface area contributed by atoms with Crippen LogP contribution in [0.25, 0.3) is 0 Å². The fourth-order valence-corrected chi connectivity index (χ4v) is 3.52. The summed E-state index contributed by atoms with van der Waals surface area (Å²) < 4.78 is 5.54. The molecule has 2 saturated heterocycles. The van der Waals surface area contributed by atoms with Gasteiger partial charge in [-0.25, -0.2) is 4.99 Å². The highest BCUT2D eigenvalue weighted by Crippen LogP contribution is 2.16. The van der Waals surface area contributed by atoms with Gasteiger partial charge in [0.2, 0.25) is 0 Å². The lowest BCUT2D eigenvalue weighted by molar-refractivity contribution is -0.142. The first-order valence-corrected chi connectivity index (χ1v) is 9.66. The van der Waals surface area contributed by atoms with E-state index in [1.54, 1.807) is 0 Å². The van der Waals surface area contributed by atoms with Crippen LogP contribution >= 0.6 is 24.0 Å². The van der Waals surface area contributed by atoms with Crippen LogP contribution in [0.4, 0.5) is 0 Å². The molecule has 0 aliphatic carbocycles. The number of halogens is 1. The molecule has 1 atom stereocenters. The largest absolute Gasteiger partial charge is 0.368 e. The monoisotopic (exact) mass is 486 g/mol. The molecule has 0 bridgehead atoms. The zero-order valence-electron chi connectivity index (χ0n) is 16.3. The van der Waals surface area contributed by atoms with Crippen LogP contribution in [0, 0.1) is 6.92 Å². The summed E-state index contributed by atoms with van der Waals surface area (Å²) in [5.74, 6) is 1.09. The third kappa shape index (κ3) is 6.07. The van der Waals surface area contributed by atoms with Crippen LogP contribution in [0.15, 0.2) is 29.3 Å². The van der Waals surface area contributed by atoms with Gasteiger partial charge in [0.1, 0.15) is 6.10 Å². The third-order valence-corrected chi connectivity index (χ3v) is 4.92. The predicted molar refractivity (Wildman–Crippen MR) is 119 cm³/mol. The minimum atomic E-state index is -0.218. The van der Waals surface area contributed by atoms with E-state index >= 15 is 0 Å². The maximum absolute atomic E-state index is 12.5. The Labute approximate surface area is 179 Å². The summed E-state index contributed by atoms with van der Waals surface area (Å²) in [5, 5.41) is 3.38. The third-order valence-electron chi connectivity index (χ3n) is 4.92. The molecule has 0 aromatic heterocycles.